The number of amides is 1. The van der Waals surface area contributed by atoms with Crippen molar-refractivity contribution in [3.05, 3.63) is 30.1 Å². The second-order valence-electron chi connectivity index (χ2n) is 7.09. The Morgan fingerprint density at radius 1 is 1.42 bits per heavy atom. The van der Waals surface area contributed by atoms with Crippen molar-refractivity contribution in [1.82, 2.24) is 14.8 Å². The molecule has 3 rings (SSSR count). The van der Waals surface area contributed by atoms with Gasteiger partial charge in [-0.1, -0.05) is 6.07 Å². The van der Waals surface area contributed by atoms with E-state index in [2.05, 4.69) is 16.9 Å². The summed E-state index contributed by atoms with van der Waals surface area (Å²) in [5, 5.41) is 0. The minimum atomic E-state index is 0.0945. The van der Waals surface area contributed by atoms with Crippen LogP contribution >= 0.6 is 0 Å². The summed E-state index contributed by atoms with van der Waals surface area (Å²) in [5.74, 6) is 0.545. The number of carbonyl (C=O) groups is 1. The van der Waals surface area contributed by atoms with Crippen molar-refractivity contribution in [1.29, 1.82) is 0 Å². The van der Waals surface area contributed by atoms with Crippen LogP contribution in [-0.2, 0) is 20.9 Å². The van der Waals surface area contributed by atoms with Gasteiger partial charge in [-0.15, -0.1) is 0 Å². The Morgan fingerprint density at radius 3 is 3.04 bits per heavy atom. The van der Waals surface area contributed by atoms with Crippen LogP contribution in [0.1, 0.15) is 12.1 Å². The zero-order chi connectivity index (χ0) is 17.0. The molecule has 0 radical (unpaired) electrons. The van der Waals surface area contributed by atoms with E-state index in [4.69, 9.17) is 9.47 Å². The predicted molar refractivity (Wildman–Crippen MR) is 90.4 cm³/mol. The molecule has 0 unspecified atom stereocenters. The van der Waals surface area contributed by atoms with Crippen molar-refractivity contribution < 1.29 is 14.3 Å². The standard InChI is InChI=1S/C18H27N3O3/c1-20-9-15(10-24-11-16-5-3-4-7-19-16)18(13-20)6-8-21(14-18)17(22)12-23-2/h3-5,7,15H,6,8-14H2,1-2H3/t15-,18-/m1/s1. The molecule has 0 aliphatic carbocycles. The third kappa shape index (κ3) is 3.77. The summed E-state index contributed by atoms with van der Waals surface area (Å²) in [6.45, 7) is 5.13. The summed E-state index contributed by atoms with van der Waals surface area (Å²) < 4.78 is 11.0. The van der Waals surface area contributed by atoms with E-state index in [0.717, 1.165) is 38.3 Å². The van der Waals surface area contributed by atoms with Crippen LogP contribution in [0, 0.1) is 11.3 Å². The van der Waals surface area contributed by atoms with Crippen LogP contribution in [0.15, 0.2) is 24.4 Å². The third-order valence-electron chi connectivity index (χ3n) is 5.28. The number of aromatic nitrogens is 1. The average molecular weight is 333 g/mol. The van der Waals surface area contributed by atoms with Gasteiger partial charge in [-0.05, 0) is 25.6 Å². The highest BCUT2D eigenvalue weighted by molar-refractivity contribution is 5.77. The van der Waals surface area contributed by atoms with E-state index in [9.17, 15) is 4.79 Å². The van der Waals surface area contributed by atoms with E-state index in [1.165, 1.54) is 0 Å². The van der Waals surface area contributed by atoms with Gasteiger partial charge in [0.25, 0.3) is 0 Å². The first-order valence-corrected chi connectivity index (χ1v) is 8.56. The molecule has 1 spiro atoms. The third-order valence-corrected chi connectivity index (χ3v) is 5.28. The minimum Gasteiger partial charge on any atom is -0.375 e. The Morgan fingerprint density at radius 2 is 2.29 bits per heavy atom. The number of nitrogens with zero attached hydrogens (tertiary/aromatic N) is 3. The van der Waals surface area contributed by atoms with E-state index in [1.807, 2.05) is 23.1 Å². The Bertz CT molecular complexity index is 554. The molecule has 24 heavy (non-hydrogen) atoms. The lowest BCUT2D eigenvalue weighted by Gasteiger charge is -2.30. The van der Waals surface area contributed by atoms with Gasteiger partial charge in [0.05, 0.1) is 18.9 Å². The molecule has 0 N–H and O–H groups in total. The van der Waals surface area contributed by atoms with Crippen molar-refractivity contribution in [3.63, 3.8) is 0 Å². The average Bonchev–Trinajstić information content (AvgIpc) is 3.13. The SMILES string of the molecule is COCC(=O)N1CC[C@@]2(CN(C)C[C@@H]2COCc2ccccn2)C1. The van der Waals surface area contributed by atoms with Gasteiger partial charge in [0.2, 0.25) is 5.91 Å². The van der Waals surface area contributed by atoms with Gasteiger partial charge in [-0.25, -0.2) is 0 Å². The van der Waals surface area contributed by atoms with E-state index >= 15 is 0 Å². The molecule has 2 atom stereocenters. The number of carbonyl (C=O) groups excluding carboxylic acids is 1. The molecule has 132 valence electrons. The lowest BCUT2D eigenvalue weighted by molar-refractivity contribution is -0.134. The van der Waals surface area contributed by atoms with Crippen LogP contribution in [0.2, 0.25) is 0 Å². The second-order valence-corrected chi connectivity index (χ2v) is 7.09. The molecule has 1 aromatic rings. The van der Waals surface area contributed by atoms with Crippen molar-refractivity contribution in [3.8, 4) is 0 Å². The van der Waals surface area contributed by atoms with Crippen molar-refractivity contribution in [2.24, 2.45) is 11.3 Å². The molecule has 1 aromatic heterocycles. The Kier molecular flexibility index (Phi) is 5.48. The van der Waals surface area contributed by atoms with E-state index < -0.39 is 0 Å². The summed E-state index contributed by atoms with van der Waals surface area (Å²) in [4.78, 5) is 20.7. The number of likely N-dealkylation sites (tertiary alicyclic amines) is 2. The molecule has 6 heteroatoms. The fourth-order valence-electron chi connectivity index (χ4n) is 4.11. The van der Waals surface area contributed by atoms with E-state index in [0.29, 0.717) is 19.1 Å². The summed E-state index contributed by atoms with van der Waals surface area (Å²) in [6.07, 6.45) is 2.84. The first-order valence-electron chi connectivity index (χ1n) is 8.56. The van der Waals surface area contributed by atoms with Crippen molar-refractivity contribution in [2.45, 2.75) is 13.0 Å². The van der Waals surface area contributed by atoms with Crippen LogP contribution < -0.4 is 0 Å². The van der Waals surface area contributed by atoms with Gasteiger partial charge in [0, 0.05) is 50.8 Å². The van der Waals surface area contributed by atoms with Crippen LogP contribution in [0.4, 0.5) is 0 Å². The number of hydrogen-bond donors (Lipinski definition) is 0. The summed E-state index contributed by atoms with van der Waals surface area (Å²) in [5.41, 5.74) is 1.11. The fraction of sp³-hybridized carbons (Fsp3) is 0.667. The molecule has 2 aliphatic rings. The first kappa shape index (κ1) is 17.3. The number of rotatable bonds is 6. The molecule has 0 bridgehead atoms. The molecule has 2 fully saturated rings. The summed E-state index contributed by atoms with van der Waals surface area (Å²) in [7, 11) is 3.72. The highest BCUT2D eigenvalue weighted by Crippen LogP contribution is 2.43. The molecule has 3 heterocycles. The maximum atomic E-state index is 12.1. The summed E-state index contributed by atoms with van der Waals surface area (Å²) in [6, 6.07) is 5.87. The van der Waals surface area contributed by atoms with Gasteiger partial charge >= 0.3 is 0 Å². The number of hydrogen-bond acceptors (Lipinski definition) is 5. The molecule has 2 saturated heterocycles. The van der Waals surface area contributed by atoms with E-state index in [1.54, 1.807) is 13.3 Å². The van der Waals surface area contributed by atoms with Gasteiger partial charge in [-0.3, -0.25) is 9.78 Å². The molecule has 0 aromatic carbocycles. The highest BCUT2D eigenvalue weighted by atomic mass is 16.5. The highest BCUT2D eigenvalue weighted by Gasteiger charge is 2.50. The quantitative estimate of drug-likeness (QED) is 0.778. The fourth-order valence-corrected chi connectivity index (χ4v) is 4.11. The molecule has 1 amide bonds. The van der Waals surface area contributed by atoms with Gasteiger partial charge in [-0.2, -0.15) is 0 Å². The zero-order valence-corrected chi connectivity index (χ0v) is 14.6. The van der Waals surface area contributed by atoms with E-state index in [-0.39, 0.29) is 17.9 Å². The topological polar surface area (TPSA) is 54.9 Å². The number of methoxy groups -OCH3 is 1. The second kappa shape index (κ2) is 7.59. The predicted octanol–water partition coefficient (Wildman–Crippen LogP) is 1.02. The lowest BCUT2D eigenvalue weighted by Crippen LogP contribution is -2.39. The van der Waals surface area contributed by atoms with Crippen molar-refractivity contribution in [2.75, 3.05) is 53.6 Å². The normalized spacial score (nSPS) is 27.2. The molecular weight excluding hydrogens is 306 g/mol. The summed E-state index contributed by atoms with van der Waals surface area (Å²) >= 11 is 0. The maximum Gasteiger partial charge on any atom is 0.248 e. The van der Waals surface area contributed by atoms with Crippen LogP contribution in [0.5, 0.6) is 0 Å². The monoisotopic (exact) mass is 333 g/mol. The van der Waals surface area contributed by atoms with Crippen LogP contribution in [0.3, 0.4) is 0 Å². The smallest absolute Gasteiger partial charge is 0.248 e. The molecule has 0 saturated carbocycles. The van der Waals surface area contributed by atoms with Crippen LogP contribution in [0.25, 0.3) is 0 Å². The van der Waals surface area contributed by atoms with Gasteiger partial charge in [0.15, 0.2) is 0 Å². The zero-order valence-electron chi connectivity index (χ0n) is 14.6. The van der Waals surface area contributed by atoms with Crippen LogP contribution in [-0.4, -0.2) is 74.2 Å². The number of ether oxygens (including phenoxy) is 2. The molecule has 2 aliphatic heterocycles. The minimum absolute atomic E-state index is 0.0945. The molecule has 6 nitrogen and oxygen atoms in total. The Balaban J connectivity index is 1.57. The Hall–Kier alpha value is -1.50. The van der Waals surface area contributed by atoms with Gasteiger partial charge in [0.1, 0.15) is 6.61 Å². The Labute approximate surface area is 143 Å². The van der Waals surface area contributed by atoms with Gasteiger partial charge < -0.3 is 19.3 Å². The number of pyridine rings is 1. The first-order chi connectivity index (χ1) is 11.6. The lowest BCUT2D eigenvalue weighted by atomic mass is 9.77. The molecular formula is C18H27N3O3. The van der Waals surface area contributed by atoms with Crippen molar-refractivity contribution >= 4 is 5.91 Å². The largest absolute Gasteiger partial charge is 0.375 e. The maximum absolute atomic E-state index is 12.1.